The van der Waals surface area contributed by atoms with Crippen molar-refractivity contribution in [1.82, 2.24) is 0 Å². The van der Waals surface area contributed by atoms with Gasteiger partial charge in [-0.1, -0.05) is 0 Å². The van der Waals surface area contributed by atoms with Gasteiger partial charge in [0.05, 0.1) is 14.2 Å². The molecule has 1 unspecified atom stereocenters. The maximum Gasteiger partial charge on any atom is 0.219 e. The smallest absolute Gasteiger partial charge is 0.219 e. The number of rotatable bonds is 2. The van der Waals surface area contributed by atoms with Crippen LogP contribution in [0.2, 0.25) is 0 Å². The molecule has 1 aliphatic carbocycles. The van der Waals surface area contributed by atoms with E-state index in [0.717, 1.165) is 6.08 Å². The number of halogens is 1. The number of ketones is 1. The van der Waals surface area contributed by atoms with Crippen LogP contribution in [0.5, 0.6) is 0 Å². The number of ether oxygens (including phenoxy) is 2. The summed E-state index contributed by atoms with van der Waals surface area (Å²) in [5, 5.41) is 0. The summed E-state index contributed by atoms with van der Waals surface area (Å²) in [6.07, 6.45) is 0.771. The number of hydrogen-bond donors (Lipinski definition) is 0. The number of methoxy groups -OCH3 is 2. The highest BCUT2D eigenvalue weighted by Crippen LogP contribution is 2.18. The fourth-order valence-corrected chi connectivity index (χ4v) is 0.889. The van der Waals surface area contributed by atoms with Gasteiger partial charge in [-0.3, -0.25) is 4.79 Å². The molecule has 66 valence electrons. The maximum atomic E-state index is 12.9. The van der Waals surface area contributed by atoms with Crippen molar-refractivity contribution in [1.29, 1.82) is 0 Å². The van der Waals surface area contributed by atoms with Crippen LogP contribution in [-0.4, -0.2) is 26.2 Å². The zero-order valence-corrected chi connectivity index (χ0v) is 6.83. The fraction of sp³-hybridized carbons (Fsp3) is 0.375. The van der Waals surface area contributed by atoms with Gasteiger partial charge in [-0.15, -0.1) is 0 Å². The lowest BCUT2D eigenvalue weighted by Crippen LogP contribution is -2.21. The molecule has 0 heterocycles. The van der Waals surface area contributed by atoms with E-state index in [4.69, 9.17) is 4.74 Å². The Morgan fingerprint density at radius 1 is 1.33 bits per heavy atom. The third-order valence-corrected chi connectivity index (χ3v) is 1.54. The van der Waals surface area contributed by atoms with Gasteiger partial charge in [-0.25, -0.2) is 4.39 Å². The number of allylic oxidation sites excluding steroid dienone is 3. The van der Waals surface area contributed by atoms with E-state index in [1.807, 2.05) is 0 Å². The molecule has 0 radical (unpaired) electrons. The topological polar surface area (TPSA) is 35.5 Å². The Kier molecular flexibility index (Phi) is 2.47. The van der Waals surface area contributed by atoms with Gasteiger partial charge < -0.3 is 9.47 Å². The summed E-state index contributed by atoms with van der Waals surface area (Å²) in [6.45, 7) is 0. The molecule has 4 heteroatoms. The van der Waals surface area contributed by atoms with Crippen molar-refractivity contribution in [3.8, 4) is 0 Å². The van der Waals surface area contributed by atoms with Crippen molar-refractivity contribution in [2.45, 2.75) is 6.17 Å². The van der Waals surface area contributed by atoms with Crippen LogP contribution in [0.15, 0.2) is 23.7 Å². The average Bonchev–Trinajstić information content (AvgIpc) is 2.09. The molecule has 0 aliphatic heterocycles. The molecule has 0 N–H and O–H groups in total. The summed E-state index contributed by atoms with van der Waals surface area (Å²) in [4.78, 5) is 10.9. The van der Waals surface area contributed by atoms with E-state index >= 15 is 0 Å². The summed E-state index contributed by atoms with van der Waals surface area (Å²) in [5.74, 6) is -0.351. The summed E-state index contributed by atoms with van der Waals surface area (Å²) in [5.41, 5.74) is 0. The van der Waals surface area contributed by atoms with Crippen molar-refractivity contribution in [2.75, 3.05) is 14.2 Å². The number of hydrogen-bond acceptors (Lipinski definition) is 3. The molecule has 3 nitrogen and oxygen atoms in total. The lowest BCUT2D eigenvalue weighted by Gasteiger charge is -2.14. The van der Waals surface area contributed by atoms with E-state index in [0.29, 0.717) is 5.76 Å². The Hall–Kier alpha value is -1.32. The van der Waals surface area contributed by atoms with Crippen molar-refractivity contribution < 1.29 is 18.7 Å². The molecule has 0 fully saturated rings. The van der Waals surface area contributed by atoms with Crippen LogP contribution in [0.3, 0.4) is 0 Å². The summed E-state index contributed by atoms with van der Waals surface area (Å²) in [7, 11) is 2.71. The zero-order chi connectivity index (χ0) is 9.14. The highest BCUT2D eigenvalue weighted by Gasteiger charge is 2.26. The number of alkyl halides is 1. The molecule has 0 saturated carbocycles. The lowest BCUT2D eigenvalue weighted by atomic mass is 10.1. The quantitative estimate of drug-likeness (QED) is 0.622. The Bertz CT molecular complexity index is 255. The second-order valence-corrected chi connectivity index (χ2v) is 2.27. The highest BCUT2D eigenvalue weighted by atomic mass is 19.1. The number of carbonyl (C=O) groups excluding carboxylic acids is 1. The van der Waals surface area contributed by atoms with E-state index in [9.17, 15) is 9.18 Å². The molecule has 0 saturated heterocycles. The highest BCUT2D eigenvalue weighted by molar-refractivity contribution is 5.97. The largest absolute Gasteiger partial charge is 0.497 e. The monoisotopic (exact) mass is 172 g/mol. The van der Waals surface area contributed by atoms with Gasteiger partial charge in [0.15, 0.2) is 0 Å². The molecule has 1 rings (SSSR count). The van der Waals surface area contributed by atoms with E-state index in [2.05, 4.69) is 4.74 Å². The van der Waals surface area contributed by atoms with Crippen molar-refractivity contribution in [3.63, 3.8) is 0 Å². The molecule has 12 heavy (non-hydrogen) atoms. The summed E-state index contributed by atoms with van der Waals surface area (Å²) >= 11 is 0. The minimum Gasteiger partial charge on any atom is -0.497 e. The standard InChI is InChI=1S/C8H9FO3/c1-11-5-3-6(10)8(9)7(4-5)12-2/h3-4,8H,1-2H3. The molecule has 0 aromatic rings. The number of carbonyl (C=O) groups is 1. The van der Waals surface area contributed by atoms with Crippen molar-refractivity contribution in [3.05, 3.63) is 23.7 Å². The minimum atomic E-state index is -1.69. The fourth-order valence-electron chi connectivity index (χ4n) is 0.889. The van der Waals surface area contributed by atoms with Crippen molar-refractivity contribution in [2.24, 2.45) is 0 Å². The van der Waals surface area contributed by atoms with E-state index < -0.39 is 12.0 Å². The van der Waals surface area contributed by atoms with Crippen LogP contribution in [-0.2, 0) is 14.3 Å². The first-order valence-electron chi connectivity index (χ1n) is 3.38. The van der Waals surface area contributed by atoms with Crippen LogP contribution in [0.25, 0.3) is 0 Å². The average molecular weight is 172 g/mol. The van der Waals surface area contributed by atoms with Gasteiger partial charge in [-0.2, -0.15) is 0 Å². The third-order valence-electron chi connectivity index (χ3n) is 1.54. The summed E-state index contributed by atoms with van der Waals surface area (Å²) in [6, 6.07) is 0. The molecule has 0 aromatic carbocycles. The molecule has 0 aromatic heterocycles. The predicted molar refractivity (Wildman–Crippen MR) is 40.1 cm³/mol. The van der Waals surface area contributed by atoms with E-state index in [1.165, 1.54) is 20.3 Å². The Balaban J connectivity index is 2.92. The first-order valence-corrected chi connectivity index (χ1v) is 3.38. The SMILES string of the molecule is COC1=CC(=O)C(F)C(OC)=C1. The van der Waals surface area contributed by atoms with E-state index in [-0.39, 0.29) is 5.76 Å². The van der Waals surface area contributed by atoms with E-state index in [1.54, 1.807) is 0 Å². The zero-order valence-electron chi connectivity index (χ0n) is 6.83. The first-order chi connectivity index (χ1) is 5.69. The van der Waals surface area contributed by atoms with Gasteiger partial charge in [-0.05, 0) is 0 Å². The van der Waals surface area contributed by atoms with Gasteiger partial charge in [0, 0.05) is 12.2 Å². The second kappa shape index (κ2) is 3.38. The van der Waals surface area contributed by atoms with Crippen LogP contribution < -0.4 is 0 Å². The minimum absolute atomic E-state index is 0.0145. The van der Waals surface area contributed by atoms with Gasteiger partial charge in [0.1, 0.15) is 11.5 Å². The molecule has 1 aliphatic rings. The van der Waals surface area contributed by atoms with Crippen molar-refractivity contribution >= 4 is 5.78 Å². The predicted octanol–water partition coefficient (Wildman–Crippen LogP) is 0.968. The van der Waals surface area contributed by atoms with Crippen LogP contribution in [0, 0.1) is 0 Å². The van der Waals surface area contributed by atoms with Crippen LogP contribution in [0.1, 0.15) is 0 Å². The second-order valence-electron chi connectivity index (χ2n) is 2.27. The van der Waals surface area contributed by atoms with Crippen LogP contribution in [0.4, 0.5) is 4.39 Å². The molecule has 0 spiro atoms. The molecule has 0 bridgehead atoms. The molecule has 0 amide bonds. The van der Waals surface area contributed by atoms with Gasteiger partial charge in [0.2, 0.25) is 12.0 Å². The Morgan fingerprint density at radius 3 is 2.50 bits per heavy atom. The van der Waals surface area contributed by atoms with Crippen LogP contribution >= 0.6 is 0 Å². The maximum absolute atomic E-state index is 12.9. The third kappa shape index (κ3) is 1.47. The van der Waals surface area contributed by atoms with Gasteiger partial charge in [0.25, 0.3) is 0 Å². The van der Waals surface area contributed by atoms with Gasteiger partial charge >= 0.3 is 0 Å². The lowest BCUT2D eigenvalue weighted by molar-refractivity contribution is -0.119. The Labute approximate surface area is 69.5 Å². The molecular weight excluding hydrogens is 163 g/mol. The first kappa shape index (κ1) is 8.77. The normalized spacial score (nSPS) is 22.9. The molecule has 1 atom stereocenters. The summed E-state index contributed by atoms with van der Waals surface area (Å²) < 4.78 is 22.3. The Morgan fingerprint density at radius 2 is 2.00 bits per heavy atom. The molecular formula is C8H9FO3.